The molecule has 1 saturated carbocycles. The van der Waals surface area contributed by atoms with Crippen molar-refractivity contribution in [3.8, 4) is 5.75 Å². The Bertz CT molecular complexity index is 672. The van der Waals surface area contributed by atoms with E-state index in [0.29, 0.717) is 0 Å². The summed E-state index contributed by atoms with van der Waals surface area (Å²) in [4.78, 5) is 12.3. The van der Waals surface area contributed by atoms with Crippen LogP contribution < -0.4 is 15.8 Å². The minimum Gasteiger partial charge on any atom is -0.488 e. The Morgan fingerprint density at radius 1 is 1.08 bits per heavy atom. The van der Waals surface area contributed by atoms with Gasteiger partial charge in [0.05, 0.1) is 11.8 Å². The molecule has 3 rings (SSSR count). The predicted molar refractivity (Wildman–Crippen MR) is 103 cm³/mol. The highest BCUT2D eigenvalue weighted by Crippen LogP contribution is 2.30. The third-order valence-corrected chi connectivity index (χ3v) is 4.39. The molecule has 3 N–H and O–H groups in total. The highest BCUT2D eigenvalue weighted by atomic mass is 35.5. The number of carbonyl (C=O) groups is 1. The Labute approximate surface area is 155 Å². The number of benzene rings is 2. The van der Waals surface area contributed by atoms with Crippen LogP contribution >= 0.6 is 12.4 Å². The van der Waals surface area contributed by atoms with Crippen LogP contribution in [0, 0.1) is 0 Å². The van der Waals surface area contributed by atoms with Crippen LogP contribution in [0.25, 0.3) is 0 Å². The molecule has 0 radical (unpaired) electrons. The van der Waals surface area contributed by atoms with Crippen molar-refractivity contribution in [3.05, 3.63) is 60.2 Å². The fourth-order valence-corrected chi connectivity index (χ4v) is 3.08. The van der Waals surface area contributed by atoms with Gasteiger partial charge in [-0.05, 0) is 43.4 Å². The average molecular weight is 361 g/mol. The summed E-state index contributed by atoms with van der Waals surface area (Å²) in [5.41, 5.74) is 7.81. The van der Waals surface area contributed by atoms with Gasteiger partial charge in [-0.25, -0.2) is 0 Å². The maximum absolute atomic E-state index is 12.3. The van der Waals surface area contributed by atoms with Gasteiger partial charge >= 0.3 is 0 Å². The standard InChI is InChI=1S/C20H24N2O2.ClH/c21-17(15-8-2-1-3-9-15)14-20(23)22-18-12-6-7-13-19(18)24-16-10-4-5-11-16;/h1-3,6-9,12-13,16-17H,4-5,10-11,14,21H2,(H,22,23);1H. The van der Waals surface area contributed by atoms with Crippen molar-refractivity contribution in [2.24, 2.45) is 5.73 Å². The van der Waals surface area contributed by atoms with E-state index < -0.39 is 0 Å². The summed E-state index contributed by atoms with van der Waals surface area (Å²) in [5.74, 6) is 0.639. The summed E-state index contributed by atoms with van der Waals surface area (Å²) in [5, 5.41) is 2.94. The third-order valence-electron chi connectivity index (χ3n) is 4.39. The number of halogens is 1. The minimum absolute atomic E-state index is 0. The quantitative estimate of drug-likeness (QED) is 0.799. The number of hydrogen-bond acceptors (Lipinski definition) is 3. The summed E-state index contributed by atoms with van der Waals surface area (Å²) >= 11 is 0. The molecule has 134 valence electrons. The molecule has 0 aliphatic heterocycles. The molecule has 25 heavy (non-hydrogen) atoms. The number of hydrogen-bond donors (Lipinski definition) is 2. The largest absolute Gasteiger partial charge is 0.488 e. The lowest BCUT2D eigenvalue weighted by Crippen LogP contribution is -2.21. The molecule has 0 heterocycles. The van der Waals surface area contributed by atoms with Crippen molar-refractivity contribution < 1.29 is 9.53 Å². The molecule has 0 bridgehead atoms. The van der Waals surface area contributed by atoms with Gasteiger partial charge in [0.15, 0.2) is 0 Å². The van der Waals surface area contributed by atoms with Gasteiger partial charge in [0, 0.05) is 12.5 Å². The molecule has 0 aromatic heterocycles. The Balaban J connectivity index is 0.00000225. The number of para-hydroxylation sites is 2. The third kappa shape index (κ3) is 5.48. The zero-order chi connectivity index (χ0) is 16.8. The smallest absolute Gasteiger partial charge is 0.226 e. The van der Waals surface area contributed by atoms with E-state index in [1.165, 1.54) is 12.8 Å². The molecule has 1 fully saturated rings. The summed E-state index contributed by atoms with van der Waals surface area (Å²) < 4.78 is 6.05. The van der Waals surface area contributed by atoms with Crippen LogP contribution in [0.2, 0.25) is 0 Å². The molecule has 1 aliphatic carbocycles. The molecule has 5 heteroatoms. The second-order valence-corrected chi connectivity index (χ2v) is 6.29. The van der Waals surface area contributed by atoms with Crippen LogP contribution in [-0.4, -0.2) is 12.0 Å². The molecule has 4 nitrogen and oxygen atoms in total. The average Bonchev–Trinajstić information content (AvgIpc) is 3.10. The van der Waals surface area contributed by atoms with Crippen LogP contribution in [0.15, 0.2) is 54.6 Å². The lowest BCUT2D eigenvalue weighted by atomic mass is 10.0. The predicted octanol–water partition coefficient (Wildman–Crippen LogP) is 4.46. The van der Waals surface area contributed by atoms with E-state index >= 15 is 0 Å². The number of nitrogens with one attached hydrogen (secondary N) is 1. The van der Waals surface area contributed by atoms with Crippen LogP contribution in [0.1, 0.15) is 43.7 Å². The highest BCUT2D eigenvalue weighted by Gasteiger charge is 2.19. The first-order valence-electron chi connectivity index (χ1n) is 8.58. The number of anilines is 1. The van der Waals surface area contributed by atoms with E-state index in [1.54, 1.807) is 0 Å². The highest BCUT2D eigenvalue weighted by molar-refractivity contribution is 5.92. The van der Waals surface area contributed by atoms with Gasteiger partial charge < -0.3 is 15.8 Å². The second-order valence-electron chi connectivity index (χ2n) is 6.29. The van der Waals surface area contributed by atoms with E-state index in [2.05, 4.69) is 5.32 Å². The Morgan fingerprint density at radius 3 is 2.44 bits per heavy atom. The van der Waals surface area contributed by atoms with E-state index in [9.17, 15) is 4.79 Å². The Hall–Kier alpha value is -2.04. The van der Waals surface area contributed by atoms with Crippen LogP contribution in [0.5, 0.6) is 5.75 Å². The number of amides is 1. The van der Waals surface area contributed by atoms with Crippen LogP contribution in [-0.2, 0) is 4.79 Å². The molecule has 2 aromatic rings. The monoisotopic (exact) mass is 360 g/mol. The number of carbonyl (C=O) groups excluding carboxylic acids is 1. The van der Waals surface area contributed by atoms with Crippen LogP contribution in [0.4, 0.5) is 5.69 Å². The van der Waals surface area contributed by atoms with Gasteiger partial charge in [0.25, 0.3) is 0 Å². The van der Waals surface area contributed by atoms with Gasteiger partial charge in [-0.2, -0.15) is 0 Å². The van der Waals surface area contributed by atoms with E-state index in [1.807, 2.05) is 54.6 Å². The van der Waals surface area contributed by atoms with Crippen molar-refractivity contribution in [3.63, 3.8) is 0 Å². The molecular formula is C20H25ClN2O2. The van der Waals surface area contributed by atoms with Gasteiger partial charge in [0.2, 0.25) is 5.91 Å². The zero-order valence-corrected chi connectivity index (χ0v) is 15.0. The Kier molecular flexibility index (Phi) is 7.29. The zero-order valence-electron chi connectivity index (χ0n) is 14.2. The fourth-order valence-electron chi connectivity index (χ4n) is 3.08. The van der Waals surface area contributed by atoms with E-state index in [0.717, 1.165) is 29.8 Å². The molecular weight excluding hydrogens is 336 g/mol. The topological polar surface area (TPSA) is 64.4 Å². The normalized spacial score (nSPS) is 15.2. The first-order chi connectivity index (χ1) is 11.7. The van der Waals surface area contributed by atoms with Crippen molar-refractivity contribution in [2.75, 3.05) is 5.32 Å². The van der Waals surface area contributed by atoms with Crippen molar-refractivity contribution >= 4 is 24.0 Å². The van der Waals surface area contributed by atoms with E-state index in [-0.39, 0.29) is 36.9 Å². The van der Waals surface area contributed by atoms with E-state index in [4.69, 9.17) is 10.5 Å². The molecule has 1 atom stereocenters. The molecule has 1 aliphatic rings. The summed E-state index contributed by atoms with van der Waals surface area (Å²) in [7, 11) is 0. The lowest BCUT2D eigenvalue weighted by Gasteiger charge is -2.17. The van der Waals surface area contributed by atoms with Gasteiger partial charge in [0.1, 0.15) is 5.75 Å². The fraction of sp³-hybridized carbons (Fsp3) is 0.350. The minimum atomic E-state index is -0.311. The maximum atomic E-state index is 12.3. The van der Waals surface area contributed by atoms with Gasteiger partial charge in [-0.1, -0.05) is 42.5 Å². The summed E-state index contributed by atoms with van der Waals surface area (Å²) in [6.45, 7) is 0. The number of nitrogens with two attached hydrogens (primary N) is 1. The first kappa shape index (κ1) is 19.3. The van der Waals surface area contributed by atoms with Crippen LogP contribution in [0.3, 0.4) is 0 Å². The van der Waals surface area contributed by atoms with Gasteiger partial charge in [-0.15, -0.1) is 12.4 Å². The summed E-state index contributed by atoms with van der Waals surface area (Å²) in [6.07, 6.45) is 5.09. The number of rotatable bonds is 6. The lowest BCUT2D eigenvalue weighted by molar-refractivity contribution is -0.116. The SMILES string of the molecule is Cl.NC(CC(=O)Nc1ccccc1OC1CCCC1)c1ccccc1. The van der Waals surface area contributed by atoms with Crippen molar-refractivity contribution in [2.45, 2.75) is 44.2 Å². The molecule has 1 unspecified atom stereocenters. The number of ether oxygens (including phenoxy) is 1. The van der Waals surface area contributed by atoms with Gasteiger partial charge in [-0.3, -0.25) is 4.79 Å². The van der Waals surface area contributed by atoms with Crippen molar-refractivity contribution in [1.29, 1.82) is 0 Å². The second kappa shape index (κ2) is 9.44. The Morgan fingerprint density at radius 2 is 1.72 bits per heavy atom. The molecule has 1 amide bonds. The molecule has 0 spiro atoms. The molecule has 0 saturated heterocycles. The molecule has 2 aromatic carbocycles. The maximum Gasteiger partial charge on any atom is 0.226 e. The summed E-state index contributed by atoms with van der Waals surface area (Å²) in [6, 6.07) is 17.0. The van der Waals surface area contributed by atoms with Crippen molar-refractivity contribution in [1.82, 2.24) is 0 Å². The first-order valence-corrected chi connectivity index (χ1v) is 8.58.